The molecule has 0 bridgehead atoms. The maximum Gasteiger partial charge on any atom is 0.0715 e. The van der Waals surface area contributed by atoms with Crippen LogP contribution in [0.2, 0.25) is 5.02 Å². The number of hydrogen-bond acceptors (Lipinski definition) is 4. The Hall–Kier alpha value is -2.26. The van der Waals surface area contributed by atoms with E-state index in [0.29, 0.717) is 17.2 Å². The predicted molar refractivity (Wildman–Crippen MR) is 63.3 cm³/mol. The summed E-state index contributed by atoms with van der Waals surface area (Å²) in [6.45, 7) is 1.92. The van der Waals surface area contributed by atoms with Gasteiger partial charge in [-0.25, -0.2) is 0 Å². The molecule has 1 aromatic carbocycles. The van der Waals surface area contributed by atoms with E-state index >= 15 is 0 Å². The van der Waals surface area contributed by atoms with E-state index in [9.17, 15) is 9.90 Å². The number of carbonyl (C=O) groups is 1. The van der Waals surface area contributed by atoms with Gasteiger partial charge in [0.2, 0.25) is 0 Å². The minimum absolute atomic E-state index is 0.177. The van der Waals surface area contributed by atoms with Crippen molar-refractivity contribution in [2.24, 2.45) is 0 Å². The average molecular weight is 268 g/mol. The van der Waals surface area contributed by atoms with Gasteiger partial charge in [-0.2, -0.15) is 0 Å². The van der Waals surface area contributed by atoms with E-state index < -0.39 is 5.97 Å². The summed E-state index contributed by atoms with van der Waals surface area (Å²) in [5.74, 6) is -1.17. The summed E-state index contributed by atoms with van der Waals surface area (Å²) in [6, 6.07) is 4.56. The number of isocyanates is 2. The van der Waals surface area contributed by atoms with Gasteiger partial charge in [0.25, 0.3) is 0 Å². The third-order valence-electron chi connectivity index (χ3n) is 1.66. The van der Waals surface area contributed by atoms with E-state index in [1.54, 1.807) is 6.07 Å². The van der Waals surface area contributed by atoms with Crippen LogP contribution < -0.4 is 5.11 Å². The Bertz CT molecular complexity index is 450. The number of rotatable bonds is 2. The smallest absolute Gasteiger partial charge is 0.0715 e. The van der Waals surface area contributed by atoms with Crippen LogP contribution >= 0.6 is 11.6 Å². The van der Waals surface area contributed by atoms with Gasteiger partial charge in [0.05, 0.1) is 5.97 Å². The largest absolute Gasteiger partial charge is 0.724 e. The van der Waals surface area contributed by atoms with Gasteiger partial charge < -0.3 is 20.7 Å². The highest BCUT2D eigenvalue weighted by atomic mass is 35.5. The maximum absolute atomic E-state index is 10.4. The molecule has 1 aromatic rings. The number of nitrogens with zero attached hydrogens (tertiary/aromatic N) is 2. The minimum Gasteiger partial charge on any atom is -0.724 e. The number of carboxylic acid groups (broad SMARTS) is 1. The van der Waals surface area contributed by atoms with Crippen molar-refractivity contribution in [2.45, 2.75) is 13.3 Å². The van der Waals surface area contributed by atoms with Crippen molar-refractivity contribution in [1.82, 2.24) is 0 Å². The molecule has 0 amide bonds. The van der Waals surface area contributed by atoms with Gasteiger partial charge in [-0.1, -0.05) is 24.6 Å². The Morgan fingerprint density at radius 3 is 2.11 bits per heavy atom. The molecule has 6 nitrogen and oxygen atoms in total. The van der Waals surface area contributed by atoms with Crippen molar-refractivity contribution >= 4 is 29.7 Å². The number of aromatic carboxylic acids is 1. The van der Waals surface area contributed by atoms with Gasteiger partial charge in [-0.3, -0.25) is 9.59 Å². The standard InChI is InChI=1S/C9H9ClO2.2CNO/c1-2-6-5-7(9(11)12)3-4-8(6)10;2*2-1-3/h3-5H,2H2,1H3,(H,11,12);;/q;2*-1/p-1. The Morgan fingerprint density at radius 1 is 1.33 bits per heavy atom. The Kier molecular flexibility index (Phi) is 11.3. The predicted octanol–water partition coefficient (Wildman–Crippen LogP) is 1.05. The number of carboxylic acids is 1. The van der Waals surface area contributed by atoms with Crippen LogP contribution in [-0.4, -0.2) is 18.1 Å². The highest BCUT2D eigenvalue weighted by molar-refractivity contribution is 6.31. The quantitative estimate of drug-likeness (QED) is 0.587. The first-order valence-corrected chi connectivity index (χ1v) is 4.88. The fraction of sp³-hybridized carbons (Fsp3) is 0.182. The minimum atomic E-state index is -1.17. The molecule has 0 N–H and O–H groups in total. The van der Waals surface area contributed by atoms with Crippen LogP contribution in [0.25, 0.3) is 10.8 Å². The molecule has 1 rings (SSSR count). The Labute approximate surface area is 108 Å². The lowest BCUT2D eigenvalue weighted by Gasteiger charge is -2.05. The zero-order valence-corrected chi connectivity index (χ0v) is 10.1. The molecule has 96 valence electrons. The Balaban J connectivity index is 0. The summed E-state index contributed by atoms with van der Waals surface area (Å²) in [7, 11) is 0. The summed E-state index contributed by atoms with van der Waals surface area (Å²) < 4.78 is 0. The molecule has 7 heteroatoms. The van der Waals surface area contributed by atoms with Gasteiger partial charge in [0.1, 0.15) is 0 Å². The van der Waals surface area contributed by atoms with Crippen molar-refractivity contribution in [3.05, 3.63) is 45.2 Å². The summed E-state index contributed by atoms with van der Waals surface area (Å²) in [4.78, 5) is 26.9. The fourth-order valence-electron chi connectivity index (χ4n) is 0.973. The third-order valence-corrected chi connectivity index (χ3v) is 2.03. The number of hydrogen-bond donors (Lipinski definition) is 0. The van der Waals surface area contributed by atoms with Gasteiger partial charge in [-0.05, 0) is 41.8 Å². The van der Waals surface area contributed by atoms with E-state index in [1.807, 2.05) is 6.92 Å². The second-order valence-corrected chi connectivity index (χ2v) is 3.04. The third kappa shape index (κ3) is 7.96. The van der Waals surface area contributed by atoms with Gasteiger partial charge >= 0.3 is 0 Å². The number of aryl methyl sites for hydroxylation is 1. The zero-order chi connectivity index (χ0) is 14.6. The van der Waals surface area contributed by atoms with Crippen molar-refractivity contribution in [3.8, 4) is 0 Å². The lowest BCUT2D eigenvalue weighted by molar-refractivity contribution is -0.255. The van der Waals surface area contributed by atoms with E-state index in [1.165, 1.54) is 12.1 Å². The average Bonchev–Trinajstić information content (AvgIpc) is 2.31. The van der Waals surface area contributed by atoms with Crippen LogP contribution in [-0.2, 0) is 16.0 Å². The van der Waals surface area contributed by atoms with Crippen LogP contribution in [0, 0.1) is 0 Å². The van der Waals surface area contributed by atoms with Crippen LogP contribution in [0.3, 0.4) is 0 Å². The SMILES string of the molecule is CCc1cc(C(=O)[O-])ccc1Cl.[N-]=C=O.[N-]=C=O. The molecule has 0 aliphatic heterocycles. The Morgan fingerprint density at radius 2 is 1.78 bits per heavy atom. The molecule has 0 aromatic heterocycles. The van der Waals surface area contributed by atoms with E-state index in [-0.39, 0.29) is 5.56 Å². The summed E-state index contributed by atoms with van der Waals surface area (Å²) in [5, 5.41) is 24.6. The molecule has 18 heavy (non-hydrogen) atoms. The molecule has 0 heterocycles. The molecular weight excluding hydrogens is 260 g/mol. The maximum atomic E-state index is 10.4. The molecule has 0 unspecified atom stereocenters. The zero-order valence-electron chi connectivity index (χ0n) is 9.34. The molecule has 0 fully saturated rings. The molecule has 0 aliphatic carbocycles. The molecule has 0 atom stereocenters. The van der Waals surface area contributed by atoms with Crippen LogP contribution in [0.4, 0.5) is 0 Å². The lowest BCUT2D eigenvalue weighted by Crippen LogP contribution is -2.22. The highest BCUT2D eigenvalue weighted by Crippen LogP contribution is 2.17. The first-order valence-electron chi connectivity index (χ1n) is 4.50. The molecule has 0 radical (unpaired) electrons. The second kappa shape index (κ2) is 11.2. The van der Waals surface area contributed by atoms with Crippen LogP contribution in [0.1, 0.15) is 22.8 Å². The first kappa shape index (κ1) is 18.1. The van der Waals surface area contributed by atoms with Crippen molar-refractivity contribution in [1.29, 1.82) is 0 Å². The molecule has 0 spiro atoms. The van der Waals surface area contributed by atoms with Crippen LogP contribution in [0.5, 0.6) is 0 Å². The summed E-state index contributed by atoms with van der Waals surface area (Å²) in [5.41, 5.74) is 1.01. The second-order valence-electron chi connectivity index (χ2n) is 2.63. The number of carbonyl (C=O) groups excluding carboxylic acids is 3. The monoisotopic (exact) mass is 267 g/mol. The number of halogens is 1. The van der Waals surface area contributed by atoms with Gasteiger partial charge in [-0.15, -0.1) is 0 Å². The van der Waals surface area contributed by atoms with Crippen LogP contribution in [0.15, 0.2) is 18.2 Å². The molecule has 0 saturated heterocycles. The normalized spacial score (nSPS) is 7.44. The van der Waals surface area contributed by atoms with Gasteiger partial charge in [0.15, 0.2) is 0 Å². The first-order chi connectivity index (χ1) is 8.48. The van der Waals surface area contributed by atoms with Crippen molar-refractivity contribution in [2.75, 3.05) is 0 Å². The fourth-order valence-corrected chi connectivity index (χ4v) is 1.22. The highest BCUT2D eigenvalue weighted by Gasteiger charge is 1.99. The van der Waals surface area contributed by atoms with E-state index in [0.717, 1.165) is 12.0 Å². The molecule has 0 aliphatic rings. The van der Waals surface area contributed by atoms with Crippen molar-refractivity contribution in [3.63, 3.8) is 0 Å². The molecular formula is C11H8ClN2O4-3. The lowest BCUT2D eigenvalue weighted by atomic mass is 10.1. The summed E-state index contributed by atoms with van der Waals surface area (Å²) >= 11 is 5.79. The molecule has 0 saturated carbocycles. The summed E-state index contributed by atoms with van der Waals surface area (Å²) in [6.07, 6.45) is 1.72. The van der Waals surface area contributed by atoms with E-state index in [2.05, 4.69) is 0 Å². The topological polar surface area (TPSA) is 119 Å². The van der Waals surface area contributed by atoms with Gasteiger partial charge in [0, 0.05) is 5.02 Å². The van der Waals surface area contributed by atoms with Crippen molar-refractivity contribution < 1.29 is 19.5 Å². The number of benzene rings is 1. The van der Waals surface area contributed by atoms with E-state index in [4.69, 9.17) is 32.0 Å².